The molecule has 0 spiro atoms. The molecular formula is C16H26N2O. The van der Waals surface area contributed by atoms with Gasteiger partial charge in [0.2, 0.25) is 5.91 Å². The molecule has 1 amide bonds. The van der Waals surface area contributed by atoms with Gasteiger partial charge in [-0.25, -0.2) is 0 Å². The van der Waals surface area contributed by atoms with Crippen LogP contribution in [0.1, 0.15) is 44.9 Å². The molecule has 0 saturated heterocycles. The van der Waals surface area contributed by atoms with Crippen LogP contribution >= 0.6 is 0 Å². The molecule has 4 aliphatic rings. The normalized spacial score (nSPS) is 50.9. The molecule has 6 atom stereocenters. The maximum Gasteiger partial charge on any atom is 0.223 e. The van der Waals surface area contributed by atoms with E-state index in [1.54, 1.807) is 0 Å². The van der Waals surface area contributed by atoms with E-state index in [4.69, 9.17) is 5.73 Å². The lowest BCUT2D eigenvalue weighted by Crippen LogP contribution is -2.45. The van der Waals surface area contributed by atoms with Crippen molar-refractivity contribution in [2.45, 2.75) is 51.0 Å². The number of carbonyl (C=O) groups is 1. The van der Waals surface area contributed by atoms with Gasteiger partial charge in [-0.2, -0.15) is 0 Å². The zero-order chi connectivity index (χ0) is 13.0. The number of carbonyl (C=O) groups excluding carboxylic acids is 1. The Kier molecular flexibility index (Phi) is 2.87. The van der Waals surface area contributed by atoms with Gasteiger partial charge in [0.25, 0.3) is 0 Å². The van der Waals surface area contributed by atoms with Gasteiger partial charge in [0, 0.05) is 12.0 Å². The van der Waals surface area contributed by atoms with Crippen LogP contribution in [0.15, 0.2) is 0 Å². The monoisotopic (exact) mass is 262 g/mol. The first-order valence-corrected chi connectivity index (χ1v) is 8.30. The molecule has 0 aromatic heterocycles. The van der Waals surface area contributed by atoms with Crippen molar-refractivity contribution in [3.05, 3.63) is 0 Å². The lowest BCUT2D eigenvalue weighted by atomic mass is 9.84. The van der Waals surface area contributed by atoms with Crippen LogP contribution in [0.3, 0.4) is 0 Å². The first-order chi connectivity index (χ1) is 9.29. The van der Waals surface area contributed by atoms with Gasteiger partial charge in [0.1, 0.15) is 0 Å². The fourth-order valence-electron chi connectivity index (χ4n) is 5.63. The molecule has 106 valence electrons. The van der Waals surface area contributed by atoms with Gasteiger partial charge in [-0.05, 0) is 68.2 Å². The summed E-state index contributed by atoms with van der Waals surface area (Å²) < 4.78 is 0. The zero-order valence-electron chi connectivity index (χ0n) is 11.7. The molecule has 3 heteroatoms. The highest BCUT2D eigenvalue weighted by Crippen LogP contribution is 2.69. The summed E-state index contributed by atoms with van der Waals surface area (Å²) in [6.45, 7) is 0.730. The predicted molar refractivity (Wildman–Crippen MR) is 74.2 cm³/mol. The van der Waals surface area contributed by atoms with E-state index in [-0.39, 0.29) is 0 Å². The highest BCUT2D eigenvalue weighted by Gasteiger charge is 2.67. The molecule has 0 aliphatic heterocycles. The molecule has 2 bridgehead atoms. The van der Waals surface area contributed by atoms with Crippen LogP contribution in [0.4, 0.5) is 0 Å². The number of fused-ring (bicyclic) bond motifs is 5. The van der Waals surface area contributed by atoms with Crippen molar-refractivity contribution in [3.63, 3.8) is 0 Å². The number of nitrogens with two attached hydrogens (primary N) is 1. The van der Waals surface area contributed by atoms with Crippen molar-refractivity contribution < 1.29 is 4.79 Å². The summed E-state index contributed by atoms with van der Waals surface area (Å²) in [7, 11) is 0. The molecule has 6 unspecified atom stereocenters. The van der Waals surface area contributed by atoms with Crippen LogP contribution < -0.4 is 11.1 Å². The smallest absolute Gasteiger partial charge is 0.223 e. The predicted octanol–water partition coefficient (Wildman–Crippen LogP) is 1.91. The number of rotatable bonds is 3. The van der Waals surface area contributed by atoms with Crippen LogP contribution in [0.5, 0.6) is 0 Å². The average molecular weight is 262 g/mol. The van der Waals surface area contributed by atoms with E-state index in [0.717, 1.165) is 36.6 Å². The van der Waals surface area contributed by atoms with Crippen LogP contribution in [0.2, 0.25) is 0 Å². The second-order valence-corrected chi connectivity index (χ2v) is 7.41. The van der Waals surface area contributed by atoms with E-state index in [1.807, 2.05) is 0 Å². The Hall–Kier alpha value is -0.570. The van der Waals surface area contributed by atoms with Crippen molar-refractivity contribution in [1.29, 1.82) is 0 Å². The Morgan fingerprint density at radius 3 is 2.42 bits per heavy atom. The summed E-state index contributed by atoms with van der Waals surface area (Å²) in [6, 6.07) is 0.366. The standard InChI is InChI=1S/C16H26N2O/c17-8-11-3-1-2-4-12(11)18-16(19)15-13-9-5-6-10(7-9)14(13)15/h9-15H,1-8,17H2,(H,18,19). The minimum Gasteiger partial charge on any atom is -0.353 e. The third kappa shape index (κ3) is 1.84. The fourth-order valence-corrected chi connectivity index (χ4v) is 5.63. The number of amides is 1. The summed E-state index contributed by atoms with van der Waals surface area (Å²) in [4.78, 5) is 12.5. The summed E-state index contributed by atoms with van der Waals surface area (Å²) in [6.07, 6.45) is 9.09. The molecule has 4 fully saturated rings. The van der Waals surface area contributed by atoms with E-state index >= 15 is 0 Å². The Balaban J connectivity index is 1.37. The maximum absolute atomic E-state index is 12.5. The van der Waals surface area contributed by atoms with E-state index in [2.05, 4.69) is 5.32 Å². The SMILES string of the molecule is NCC1CCCCC1NC(=O)C1C2C3CCC(C3)C12. The van der Waals surface area contributed by atoms with Gasteiger partial charge < -0.3 is 11.1 Å². The summed E-state index contributed by atoms with van der Waals surface area (Å²) >= 11 is 0. The van der Waals surface area contributed by atoms with Crippen molar-refractivity contribution in [2.75, 3.05) is 6.54 Å². The van der Waals surface area contributed by atoms with E-state index < -0.39 is 0 Å². The molecule has 0 aromatic rings. The van der Waals surface area contributed by atoms with Crippen LogP contribution in [-0.4, -0.2) is 18.5 Å². The second-order valence-electron chi connectivity index (χ2n) is 7.41. The minimum absolute atomic E-state index is 0.366. The Bertz CT molecular complexity index is 367. The van der Waals surface area contributed by atoms with Crippen molar-refractivity contribution >= 4 is 5.91 Å². The highest BCUT2D eigenvalue weighted by molar-refractivity contribution is 5.83. The maximum atomic E-state index is 12.5. The molecule has 0 heterocycles. The molecule has 19 heavy (non-hydrogen) atoms. The molecular weight excluding hydrogens is 236 g/mol. The molecule has 0 aromatic carbocycles. The van der Waals surface area contributed by atoms with Gasteiger partial charge in [0.05, 0.1) is 0 Å². The lowest BCUT2D eigenvalue weighted by molar-refractivity contribution is -0.124. The Labute approximate surface area is 115 Å². The van der Waals surface area contributed by atoms with Crippen molar-refractivity contribution in [2.24, 2.45) is 41.2 Å². The highest BCUT2D eigenvalue weighted by atomic mass is 16.2. The quantitative estimate of drug-likeness (QED) is 0.816. The molecule has 4 aliphatic carbocycles. The summed E-state index contributed by atoms with van der Waals surface area (Å²) in [5.74, 6) is 4.58. The van der Waals surface area contributed by atoms with E-state index in [0.29, 0.717) is 23.8 Å². The molecule has 0 radical (unpaired) electrons. The van der Waals surface area contributed by atoms with Gasteiger partial charge in [-0.3, -0.25) is 4.79 Å². The van der Waals surface area contributed by atoms with Crippen LogP contribution in [0, 0.1) is 35.5 Å². The number of hydrogen-bond acceptors (Lipinski definition) is 2. The lowest BCUT2D eigenvalue weighted by Gasteiger charge is -2.31. The largest absolute Gasteiger partial charge is 0.353 e. The molecule has 3 nitrogen and oxygen atoms in total. The van der Waals surface area contributed by atoms with Crippen LogP contribution in [0.25, 0.3) is 0 Å². The average Bonchev–Trinajstić information content (AvgIpc) is 2.88. The minimum atomic E-state index is 0.366. The topological polar surface area (TPSA) is 55.1 Å². The summed E-state index contributed by atoms with van der Waals surface area (Å²) in [5, 5.41) is 3.36. The number of hydrogen-bond donors (Lipinski definition) is 2. The number of nitrogens with one attached hydrogen (secondary N) is 1. The third-order valence-electron chi connectivity index (χ3n) is 6.58. The van der Waals surface area contributed by atoms with Crippen LogP contribution in [-0.2, 0) is 4.79 Å². The molecule has 3 N–H and O–H groups in total. The summed E-state index contributed by atoms with van der Waals surface area (Å²) in [5.41, 5.74) is 5.86. The Morgan fingerprint density at radius 2 is 1.74 bits per heavy atom. The third-order valence-corrected chi connectivity index (χ3v) is 6.58. The van der Waals surface area contributed by atoms with E-state index in [9.17, 15) is 4.79 Å². The van der Waals surface area contributed by atoms with E-state index in [1.165, 1.54) is 38.5 Å². The van der Waals surface area contributed by atoms with Gasteiger partial charge in [-0.1, -0.05) is 12.8 Å². The first-order valence-electron chi connectivity index (χ1n) is 8.30. The second kappa shape index (κ2) is 4.47. The molecule has 4 saturated carbocycles. The first kappa shape index (κ1) is 12.2. The van der Waals surface area contributed by atoms with Gasteiger partial charge in [0.15, 0.2) is 0 Å². The zero-order valence-corrected chi connectivity index (χ0v) is 11.7. The molecule has 4 rings (SSSR count). The van der Waals surface area contributed by atoms with Gasteiger partial charge in [-0.15, -0.1) is 0 Å². The van der Waals surface area contributed by atoms with Gasteiger partial charge >= 0.3 is 0 Å². The van der Waals surface area contributed by atoms with Crippen molar-refractivity contribution in [3.8, 4) is 0 Å². The fraction of sp³-hybridized carbons (Fsp3) is 0.938. The Morgan fingerprint density at radius 1 is 1.05 bits per heavy atom. The van der Waals surface area contributed by atoms with Crippen molar-refractivity contribution in [1.82, 2.24) is 5.32 Å².